The molecule has 272 valence electrons. The van der Waals surface area contributed by atoms with Gasteiger partial charge in [-0.05, 0) is 98.6 Å². The molecule has 0 aliphatic carbocycles. The van der Waals surface area contributed by atoms with Crippen molar-refractivity contribution >= 4 is 60.4 Å². The Morgan fingerprint density at radius 3 is 1.48 bits per heavy atom. The molecule has 0 atom stereocenters. The van der Waals surface area contributed by atoms with Crippen molar-refractivity contribution in [3.63, 3.8) is 0 Å². The molecular weight excluding hydrogens is 701 g/mol. The van der Waals surface area contributed by atoms with Crippen molar-refractivity contribution in [2.24, 2.45) is 0 Å². The number of hydrogen-bond donors (Lipinski definition) is 0. The van der Waals surface area contributed by atoms with Gasteiger partial charge in [0.25, 0.3) is 0 Å². The number of rotatable bonds is 7. The molecular formula is C56H38N2. The summed E-state index contributed by atoms with van der Waals surface area (Å²) in [5.74, 6) is 0. The lowest BCUT2D eigenvalue weighted by molar-refractivity contribution is 1.18. The fourth-order valence-corrected chi connectivity index (χ4v) is 8.86. The minimum Gasteiger partial charge on any atom is -0.310 e. The van der Waals surface area contributed by atoms with Gasteiger partial charge in [-0.2, -0.15) is 0 Å². The highest BCUT2D eigenvalue weighted by Gasteiger charge is 2.18. The Morgan fingerprint density at radius 2 is 0.776 bits per heavy atom. The van der Waals surface area contributed by atoms with E-state index >= 15 is 0 Å². The molecule has 1 aromatic heterocycles. The summed E-state index contributed by atoms with van der Waals surface area (Å²) in [6.07, 6.45) is 0. The largest absolute Gasteiger partial charge is 0.310 e. The molecule has 0 radical (unpaired) electrons. The number of anilines is 3. The minimum absolute atomic E-state index is 1.10. The number of nitrogens with zero attached hydrogens (tertiary/aromatic N) is 2. The summed E-state index contributed by atoms with van der Waals surface area (Å²) in [4.78, 5) is 2.39. The van der Waals surface area contributed by atoms with E-state index in [0.717, 1.165) is 17.1 Å². The van der Waals surface area contributed by atoms with Gasteiger partial charge in [0.05, 0.1) is 22.4 Å². The average Bonchev–Trinajstić information content (AvgIpc) is 3.64. The van der Waals surface area contributed by atoms with Crippen molar-refractivity contribution in [3.05, 3.63) is 231 Å². The van der Waals surface area contributed by atoms with Crippen LogP contribution in [0.2, 0.25) is 0 Å². The molecule has 0 bridgehead atoms. The van der Waals surface area contributed by atoms with E-state index in [4.69, 9.17) is 0 Å². The first kappa shape index (κ1) is 33.6. The monoisotopic (exact) mass is 738 g/mol. The van der Waals surface area contributed by atoms with Crippen LogP contribution >= 0.6 is 0 Å². The van der Waals surface area contributed by atoms with Gasteiger partial charge in [0.2, 0.25) is 0 Å². The molecule has 0 amide bonds. The van der Waals surface area contributed by atoms with E-state index in [2.05, 4.69) is 240 Å². The summed E-state index contributed by atoms with van der Waals surface area (Å²) in [5, 5.41) is 7.46. The van der Waals surface area contributed by atoms with E-state index in [1.54, 1.807) is 0 Å². The summed E-state index contributed by atoms with van der Waals surface area (Å²) in [5.41, 5.74) is 14.1. The van der Waals surface area contributed by atoms with Crippen LogP contribution < -0.4 is 4.90 Å². The predicted molar refractivity (Wildman–Crippen MR) is 247 cm³/mol. The topological polar surface area (TPSA) is 8.17 Å². The zero-order valence-electron chi connectivity index (χ0n) is 31.8. The van der Waals surface area contributed by atoms with Gasteiger partial charge in [0, 0.05) is 33.1 Å². The first-order valence-corrected chi connectivity index (χ1v) is 19.9. The number of fused-ring (bicyclic) bond motifs is 5. The van der Waals surface area contributed by atoms with Crippen molar-refractivity contribution in [1.82, 2.24) is 4.57 Å². The molecule has 58 heavy (non-hydrogen) atoms. The molecule has 2 heteroatoms. The zero-order chi connectivity index (χ0) is 38.4. The Balaban J connectivity index is 0.985. The highest BCUT2D eigenvalue weighted by Crippen LogP contribution is 2.42. The van der Waals surface area contributed by atoms with E-state index in [-0.39, 0.29) is 0 Å². The second-order valence-electron chi connectivity index (χ2n) is 14.9. The normalized spacial score (nSPS) is 11.4. The number of aromatic nitrogens is 1. The Bertz CT molecular complexity index is 3220. The maximum Gasteiger partial charge on any atom is 0.0541 e. The Kier molecular flexibility index (Phi) is 8.19. The van der Waals surface area contributed by atoms with Gasteiger partial charge in [-0.1, -0.05) is 176 Å². The lowest BCUT2D eigenvalue weighted by Crippen LogP contribution is -2.10. The fourth-order valence-electron chi connectivity index (χ4n) is 8.86. The Labute approximate surface area is 338 Å². The van der Waals surface area contributed by atoms with Crippen LogP contribution in [0.4, 0.5) is 17.1 Å². The van der Waals surface area contributed by atoms with Gasteiger partial charge in [-0.3, -0.25) is 0 Å². The SMILES string of the molecule is c1cc(-c2ccc(N(c3ccc(-c4cccc5ccccc45)cc3)c3cccc4ccccc34)cc2)cc(-c2ccccc2-n2c3ccccc3c3ccccc32)c1. The molecule has 0 spiro atoms. The zero-order valence-corrected chi connectivity index (χ0v) is 31.8. The van der Waals surface area contributed by atoms with Crippen LogP contribution in [0, 0.1) is 0 Å². The molecule has 1 heterocycles. The van der Waals surface area contributed by atoms with Gasteiger partial charge in [0.1, 0.15) is 0 Å². The molecule has 0 aliphatic rings. The maximum atomic E-state index is 2.41. The van der Waals surface area contributed by atoms with Gasteiger partial charge >= 0.3 is 0 Å². The van der Waals surface area contributed by atoms with Crippen molar-refractivity contribution in [2.45, 2.75) is 0 Å². The van der Waals surface area contributed by atoms with Gasteiger partial charge in [-0.25, -0.2) is 0 Å². The third-order valence-corrected chi connectivity index (χ3v) is 11.6. The molecule has 11 aromatic rings. The van der Waals surface area contributed by atoms with Crippen molar-refractivity contribution < 1.29 is 0 Å². The van der Waals surface area contributed by atoms with E-state index in [1.165, 1.54) is 82.4 Å². The van der Waals surface area contributed by atoms with Crippen LogP contribution in [0.1, 0.15) is 0 Å². The summed E-state index contributed by atoms with van der Waals surface area (Å²) < 4.78 is 2.41. The molecule has 0 saturated carbocycles. The maximum absolute atomic E-state index is 2.41. The summed E-state index contributed by atoms with van der Waals surface area (Å²) >= 11 is 0. The number of para-hydroxylation sites is 3. The van der Waals surface area contributed by atoms with Crippen molar-refractivity contribution in [1.29, 1.82) is 0 Å². The first-order chi connectivity index (χ1) is 28.8. The molecule has 0 N–H and O–H groups in total. The fraction of sp³-hybridized carbons (Fsp3) is 0. The number of benzene rings is 10. The van der Waals surface area contributed by atoms with E-state index in [9.17, 15) is 0 Å². The first-order valence-electron chi connectivity index (χ1n) is 19.9. The Hall–Kier alpha value is -7.68. The number of hydrogen-bond acceptors (Lipinski definition) is 1. The van der Waals surface area contributed by atoms with Crippen LogP contribution in [0.25, 0.3) is 82.4 Å². The standard InChI is InChI=1S/C56H38N2/c1-3-20-47-40(14-1)16-12-25-48(47)42-32-36-46(37-33-42)57(53-29-13-17-41-15-2-4-21-49(41)53)45-34-30-39(31-35-45)43-18-11-19-44(38-43)50-22-5-8-26-54(50)58-55-27-9-6-23-51(55)52-24-7-10-28-56(52)58/h1-38H. The molecule has 0 aliphatic heterocycles. The third-order valence-electron chi connectivity index (χ3n) is 11.6. The molecule has 0 fully saturated rings. The van der Waals surface area contributed by atoms with Gasteiger partial charge < -0.3 is 9.47 Å². The van der Waals surface area contributed by atoms with E-state index in [1.807, 2.05) is 0 Å². The highest BCUT2D eigenvalue weighted by atomic mass is 15.1. The van der Waals surface area contributed by atoms with E-state index < -0.39 is 0 Å². The average molecular weight is 739 g/mol. The van der Waals surface area contributed by atoms with Crippen LogP contribution in [-0.2, 0) is 0 Å². The Morgan fingerprint density at radius 1 is 0.293 bits per heavy atom. The highest BCUT2D eigenvalue weighted by molar-refractivity contribution is 6.10. The molecule has 11 rings (SSSR count). The third kappa shape index (κ3) is 5.74. The quantitative estimate of drug-likeness (QED) is 0.158. The summed E-state index contributed by atoms with van der Waals surface area (Å²) in [7, 11) is 0. The van der Waals surface area contributed by atoms with Crippen LogP contribution in [0.3, 0.4) is 0 Å². The van der Waals surface area contributed by atoms with Gasteiger partial charge in [0.15, 0.2) is 0 Å². The summed E-state index contributed by atoms with van der Waals surface area (Å²) in [6, 6.07) is 83.6. The minimum atomic E-state index is 1.10. The van der Waals surface area contributed by atoms with Gasteiger partial charge in [-0.15, -0.1) is 0 Å². The second-order valence-corrected chi connectivity index (χ2v) is 14.9. The van der Waals surface area contributed by atoms with Crippen molar-refractivity contribution in [2.75, 3.05) is 4.90 Å². The molecule has 0 saturated heterocycles. The van der Waals surface area contributed by atoms with E-state index in [0.29, 0.717) is 0 Å². The van der Waals surface area contributed by atoms with Crippen LogP contribution in [-0.4, -0.2) is 4.57 Å². The summed E-state index contributed by atoms with van der Waals surface area (Å²) in [6.45, 7) is 0. The molecule has 10 aromatic carbocycles. The molecule has 2 nitrogen and oxygen atoms in total. The smallest absolute Gasteiger partial charge is 0.0541 e. The lowest BCUT2D eigenvalue weighted by atomic mass is 9.97. The van der Waals surface area contributed by atoms with Crippen LogP contribution in [0.5, 0.6) is 0 Å². The predicted octanol–water partition coefficient (Wildman–Crippen LogP) is 15.6. The van der Waals surface area contributed by atoms with Crippen LogP contribution in [0.15, 0.2) is 231 Å². The lowest BCUT2D eigenvalue weighted by Gasteiger charge is -2.27. The van der Waals surface area contributed by atoms with Crippen molar-refractivity contribution in [3.8, 4) is 39.1 Å². The molecule has 0 unspecified atom stereocenters. The second kappa shape index (κ2) is 14.1.